The minimum Gasteiger partial charge on any atom is -0.369 e. The van der Waals surface area contributed by atoms with Gasteiger partial charge in [0.2, 0.25) is 0 Å². The average molecular weight is 341 g/mol. The molecule has 2 aromatic heterocycles. The van der Waals surface area contributed by atoms with E-state index in [1.165, 1.54) is 26.6 Å². The highest BCUT2D eigenvalue weighted by atomic mass is 32.1. The van der Waals surface area contributed by atoms with Crippen molar-refractivity contribution in [3.8, 4) is 5.00 Å². The quantitative estimate of drug-likeness (QED) is 0.684. The van der Waals surface area contributed by atoms with Crippen LogP contribution in [0.3, 0.4) is 0 Å². The van der Waals surface area contributed by atoms with Gasteiger partial charge in [-0.3, -0.25) is 4.57 Å². The summed E-state index contributed by atoms with van der Waals surface area (Å²) in [5.74, 6) is 1.82. The lowest BCUT2D eigenvalue weighted by molar-refractivity contribution is 0.104. The van der Waals surface area contributed by atoms with Crippen LogP contribution in [0.2, 0.25) is 0 Å². The van der Waals surface area contributed by atoms with Gasteiger partial charge in [-0.2, -0.15) is 0 Å². The fourth-order valence-corrected chi connectivity index (χ4v) is 4.22. The van der Waals surface area contributed by atoms with Crippen LogP contribution in [0.1, 0.15) is 47.1 Å². The molecule has 3 aromatic rings. The number of hydrogen-bond acceptors (Lipinski definition) is 4. The van der Waals surface area contributed by atoms with Gasteiger partial charge in [0.05, 0.1) is 6.61 Å². The highest BCUT2D eigenvalue weighted by Crippen LogP contribution is 2.36. The van der Waals surface area contributed by atoms with Gasteiger partial charge in [-0.15, -0.1) is 21.5 Å². The van der Waals surface area contributed by atoms with Crippen LogP contribution in [0.4, 0.5) is 0 Å². The van der Waals surface area contributed by atoms with Crippen LogP contribution in [0.25, 0.3) is 5.00 Å². The Morgan fingerprint density at radius 2 is 1.83 bits per heavy atom. The molecule has 0 N–H and O–H groups in total. The second-order valence-corrected chi connectivity index (χ2v) is 6.78. The number of rotatable bonds is 2. The molecule has 0 saturated heterocycles. The summed E-state index contributed by atoms with van der Waals surface area (Å²) >= 11 is 1.81. The van der Waals surface area contributed by atoms with Gasteiger partial charge in [-0.1, -0.05) is 44.2 Å². The van der Waals surface area contributed by atoms with Crippen LogP contribution >= 0.6 is 11.3 Å². The van der Waals surface area contributed by atoms with E-state index in [0.717, 1.165) is 18.1 Å². The SMILES string of the molecule is CC.Cc1sc2c(c1Cc1ccccc1)COCc1nnc(C)n1-2. The van der Waals surface area contributed by atoms with Crippen molar-refractivity contribution in [2.75, 3.05) is 0 Å². The number of fused-ring (bicyclic) bond motifs is 3. The van der Waals surface area contributed by atoms with E-state index >= 15 is 0 Å². The molecular weight excluding hydrogens is 318 g/mol. The van der Waals surface area contributed by atoms with E-state index in [-0.39, 0.29) is 0 Å². The van der Waals surface area contributed by atoms with E-state index in [9.17, 15) is 0 Å². The molecule has 0 radical (unpaired) electrons. The number of benzene rings is 1. The van der Waals surface area contributed by atoms with Gasteiger partial charge in [-0.25, -0.2) is 0 Å². The van der Waals surface area contributed by atoms with Crippen LogP contribution in [-0.4, -0.2) is 14.8 Å². The lowest BCUT2D eigenvalue weighted by Crippen LogP contribution is -2.00. The Kier molecular flexibility index (Phi) is 5.11. The lowest BCUT2D eigenvalue weighted by atomic mass is 10.0. The summed E-state index contributed by atoms with van der Waals surface area (Å²) in [4.78, 5) is 1.35. The molecule has 24 heavy (non-hydrogen) atoms. The zero-order valence-corrected chi connectivity index (χ0v) is 15.5. The van der Waals surface area contributed by atoms with Crippen LogP contribution < -0.4 is 0 Å². The molecule has 0 saturated carbocycles. The number of hydrogen-bond donors (Lipinski definition) is 0. The van der Waals surface area contributed by atoms with Crippen molar-refractivity contribution in [3.63, 3.8) is 0 Å². The van der Waals surface area contributed by atoms with Crippen molar-refractivity contribution in [1.82, 2.24) is 14.8 Å². The van der Waals surface area contributed by atoms with Crippen molar-refractivity contribution in [1.29, 1.82) is 0 Å². The van der Waals surface area contributed by atoms with Crippen molar-refractivity contribution >= 4 is 11.3 Å². The Morgan fingerprint density at radius 1 is 1.08 bits per heavy atom. The largest absolute Gasteiger partial charge is 0.369 e. The number of aromatic nitrogens is 3. The normalized spacial score (nSPS) is 12.7. The molecule has 0 unspecified atom stereocenters. The van der Waals surface area contributed by atoms with Gasteiger partial charge in [0.15, 0.2) is 5.82 Å². The maximum absolute atomic E-state index is 5.84. The Labute approximate surface area is 147 Å². The molecule has 1 aromatic carbocycles. The third-order valence-electron chi connectivity index (χ3n) is 4.09. The summed E-state index contributed by atoms with van der Waals surface area (Å²) in [5, 5.41) is 9.65. The maximum Gasteiger partial charge on any atom is 0.164 e. The fourth-order valence-electron chi connectivity index (χ4n) is 2.98. The van der Waals surface area contributed by atoms with E-state index in [1.54, 1.807) is 0 Å². The molecule has 4 rings (SSSR count). The molecule has 0 bridgehead atoms. The van der Waals surface area contributed by atoms with Crippen molar-refractivity contribution < 1.29 is 4.74 Å². The fraction of sp³-hybridized carbons (Fsp3) is 0.368. The molecule has 0 atom stereocenters. The summed E-state index contributed by atoms with van der Waals surface area (Å²) in [6, 6.07) is 10.6. The van der Waals surface area contributed by atoms with Crippen molar-refractivity contribution in [2.24, 2.45) is 0 Å². The number of aryl methyl sites for hydroxylation is 2. The zero-order valence-electron chi connectivity index (χ0n) is 14.7. The Morgan fingerprint density at radius 3 is 2.58 bits per heavy atom. The topological polar surface area (TPSA) is 39.9 Å². The minimum absolute atomic E-state index is 0.520. The van der Waals surface area contributed by atoms with Crippen LogP contribution in [-0.2, 0) is 24.4 Å². The van der Waals surface area contributed by atoms with E-state index in [0.29, 0.717) is 13.2 Å². The molecule has 5 heteroatoms. The highest BCUT2D eigenvalue weighted by molar-refractivity contribution is 7.14. The maximum atomic E-state index is 5.84. The third kappa shape index (κ3) is 3.01. The van der Waals surface area contributed by atoms with E-state index < -0.39 is 0 Å². The number of ether oxygens (including phenoxy) is 1. The summed E-state index contributed by atoms with van der Waals surface area (Å²) in [6.07, 6.45) is 0.943. The van der Waals surface area contributed by atoms with Crippen molar-refractivity contribution in [2.45, 2.75) is 47.3 Å². The smallest absolute Gasteiger partial charge is 0.164 e. The molecule has 0 amide bonds. The molecule has 3 heterocycles. The molecule has 0 fully saturated rings. The van der Waals surface area contributed by atoms with Gasteiger partial charge < -0.3 is 4.74 Å². The van der Waals surface area contributed by atoms with Crippen molar-refractivity contribution in [3.05, 3.63) is 63.5 Å². The highest BCUT2D eigenvalue weighted by Gasteiger charge is 2.24. The van der Waals surface area contributed by atoms with E-state index in [4.69, 9.17) is 4.74 Å². The molecule has 0 spiro atoms. The molecule has 0 aliphatic carbocycles. The van der Waals surface area contributed by atoms with Gasteiger partial charge >= 0.3 is 0 Å². The molecule has 4 nitrogen and oxygen atoms in total. The zero-order chi connectivity index (χ0) is 17.1. The first kappa shape index (κ1) is 16.9. The molecule has 126 valence electrons. The molecular formula is C19H23N3OS. The monoisotopic (exact) mass is 341 g/mol. The number of thiophene rings is 1. The van der Waals surface area contributed by atoms with E-state index in [1.807, 2.05) is 32.1 Å². The first-order valence-electron chi connectivity index (χ1n) is 8.38. The second kappa shape index (κ2) is 7.28. The van der Waals surface area contributed by atoms with Crippen LogP contribution in [0.15, 0.2) is 30.3 Å². The minimum atomic E-state index is 0.520. The summed E-state index contributed by atoms with van der Waals surface area (Å²) in [5.41, 5.74) is 4.00. The standard InChI is InChI=1S/C17H17N3OS.C2H6/c1-11-14(8-13-6-4-3-5-7-13)15-9-21-10-16-19-18-12(2)20(16)17(15)22-11;1-2/h3-7H,8-10H2,1-2H3;1-2H3. The second-order valence-electron chi connectivity index (χ2n) is 5.57. The molecule has 1 aliphatic rings. The third-order valence-corrected chi connectivity index (χ3v) is 5.27. The van der Waals surface area contributed by atoms with Gasteiger partial charge in [0, 0.05) is 10.4 Å². The van der Waals surface area contributed by atoms with Gasteiger partial charge in [-0.05, 0) is 31.4 Å². The lowest BCUT2D eigenvalue weighted by Gasteiger charge is -2.07. The van der Waals surface area contributed by atoms with Gasteiger partial charge in [0.1, 0.15) is 17.4 Å². The average Bonchev–Trinajstić information content (AvgIpc) is 3.05. The predicted molar refractivity (Wildman–Crippen MR) is 97.8 cm³/mol. The summed E-state index contributed by atoms with van der Waals surface area (Å²) in [6.45, 7) is 9.35. The first-order chi connectivity index (χ1) is 11.7. The Hall–Kier alpha value is -1.98. The first-order valence-corrected chi connectivity index (χ1v) is 9.20. The number of nitrogens with zero attached hydrogens (tertiary/aromatic N) is 3. The summed E-state index contributed by atoms with van der Waals surface area (Å²) < 4.78 is 7.98. The van der Waals surface area contributed by atoms with Crippen LogP contribution in [0, 0.1) is 13.8 Å². The molecule has 1 aliphatic heterocycles. The van der Waals surface area contributed by atoms with E-state index in [2.05, 4.69) is 52.0 Å². The van der Waals surface area contributed by atoms with Gasteiger partial charge in [0.25, 0.3) is 0 Å². The van der Waals surface area contributed by atoms with Crippen LogP contribution in [0.5, 0.6) is 0 Å². The Balaban J connectivity index is 0.000000815. The predicted octanol–water partition coefficient (Wildman–Crippen LogP) is 4.59. The summed E-state index contributed by atoms with van der Waals surface area (Å²) in [7, 11) is 0. The Bertz CT molecular complexity index is 821.